The zero-order valence-corrected chi connectivity index (χ0v) is 19.0. The average Bonchev–Trinajstić information content (AvgIpc) is 3.13. The summed E-state index contributed by atoms with van der Waals surface area (Å²) in [5.41, 5.74) is 1.52. The van der Waals surface area contributed by atoms with Gasteiger partial charge in [-0.25, -0.2) is 13.4 Å². The minimum atomic E-state index is -3.83. The van der Waals surface area contributed by atoms with Crippen molar-refractivity contribution >= 4 is 32.4 Å². The van der Waals surface area contributed by atoms with Gasteiger partial charge < -0.3 is 14.8 Å². The van der Waals surface area contributed by atoms with Crippen molar-refractivity contribution in [3.8, 4) is 11.5 Å². The van der Waals surface area contributed by atoms with Crippen LogP contribution in [0, 0.1) is 6.92 Å². The molecule has 0 aliphatic carbocycles. The molecule has 0 unspecified atom stereocenters. The molecule has 0 radical (unpaired) electrons. The molecular formula is C21H23N3O5S2. The predicted octanol–water partition coefficient (Wildman–Crippen LogP) is 3.24. The first-order valence-electron chi connectivity index (χ1n) is 9.38. The number of thiazole rings is 1. The first-order valence-corrected chi connectivity index (χ1v) is 11.7. The third-order valence-electron chi connectivity index (χ3n) is 4.45. The zero-order valence-electron chi connectivity index (χ0n) is 17.3. The van der Waals surface area contributed by atoms with Crippen LogP contribution in [-0.2, 0) is 16.4 Å². The fourth-order valence-corrected chi connectivity index (χ4v) is 4.89. The van der Waals surface area contributed by atoms with Crippen molar-refractivity contribution in [3.05, 3.63) is 64.7 Å². The highest BCUT2D eigenvalue weighted by atomic mass is 32.2. The van der Waals surface area contributed by atoms with Crippen LogP contribution in [-0.4, -0.2) is 40.1 Å². The lowest BCUT2D eigenvalue weighted by atomic mass is 10.1. The second kappa shape index (κ2) is 9.80. The summed E-state index contributed by atoms with van der Waals surface area (Å²) in [6, 6.07) is 13.6. The van der Waals surface area contributed by atoms with Crippen LogP contribution in [0.25, 0.3) is 0 Å². The first-order chi connectivity index (χ1) is 14.8. The van der Waals surface area contributed by atoms with Crippen LogP contribution >= 0.6 is 11.3 Å². The van der Waals surface area contributed by atoms with Crippen LogP contribution < -0.4 is 19.5 Å². The van der Waals surface area contributed by atoms with Crippen molar-refractivity contribution in [2.45, 2.75) is 18.2 Å². The Balaban J connectivity index is 1.61. The molecule has 164 valence electrons. The quantitative estimate of drug-likeness (QED) is 0.507. The third kappa shape index (κ3) is 5.74. The fraction of sp³-hybridized carbons (Fsp3) is 0.238. The van der Waals surface area contributed by atoms with E-state index in [0.29, 0.717) is 29.3 Å². The number of amides is 1. The Morgan fingerprint density at radius 1 is 1.00 bits per heavy atom. The Hall–Kier alpha value is -3.11. The molecule has 3 rings (SSSR count). The van der Waals surface area contributed by atoms with Crippen LogP contribution in [0.15, 0.2) is 53.4 Å². The Kier molecular flexibility index (Phi) is 7.13. The third-order valence-corrected chi connectivity index (χ3v) is 7.01. The lowest BCUT2D eigenvalue weighted by Gasteiger charge is -2.06. The molecule has 0 saturated heterocycles. The normalized spacial score (nSPS) is 11.1. The molecule has 31 heavy (non-hydrogen) atoms. The topological polar surface area (TPSA) is 107 Å². The molecule has 0 saturated carbocycles. The molecule has 0 aliphatic heterocycles. The number of rotatable bonds is 9. The number of nitrogens with zero attached hydrogens (tertiary/aromatic N) is 1. The number of sulfonamides is 1. The van der Waals surface area contributed by atoms with Crippen molar-refractivity contribution in [2.75, 3.05) is 25.5 Å². The number of aromatic nitrogens is 1. The molecule has 2 N–H and O–H groups in total. The molecule has 0 spiro atoms. The predicted molar refractivity (Wildman–Crippen MR) is 120 cm³/mol. The molecule has 0 bridgehead atoms. The molecule has 0 atom stereocenters. The van der Waals surface area contributed by atoms with Gasteiger partial charge in [-0.2, -0.15) is 0 Å². The summed E-state index contributed by atoms with van der Waals surface area (Å²) in [6.45, 7) is 2.11. The van der Waals surface area contributed by atoms with E-state index in [-0.39, 0.29) is 15.9 Å². The van der Waals surface area contributed by atoms with Crippen LogP contribution in [0.3, 0.4) is 0 Å². The van der Waals surface area contributed by atoms with E-state index in [1.165, 1.54) is 19.2 Å². The van der Waals surface area contributed by atoms with Crippen molar-refractivity contribution in [2.24, 2.45) is 0 Å². The molecule has 1 heterocycles. The maximum absolute atomic E-state index is 12.6. The van der Waals surface area contributed by atoms with Gasteiger partial charge in [-0.15, -0.1) is 0 Å². The van der Waals surface area contributed by atoms with Gasteiger partial charge in [0.2, 0.25) is 0 Å². The van der Waals surface area contributed by atoms with E-state index in [4.69, 9.17) is 9.47 Å². The largest absolute Gasteiger partial charge is 0.497 e. The van der Waals surface area contributed by atoms with Gasteiger partial charge in [0.1, 0.15) is 16.4 Å². The highest BCUT2D eigenvalue weighted by Crippen LogP contribution is 2.25. The lowest BCUT2D eigenvalue weighted by molar-refractivity contribution is 0.0957. The number of anilines is 1. The number of hydrogen-bond donors (Lipinski definition) is 2. The van der Waals surface area contributed by atoms with Crippen molar-refractivity contribution < 1.29 is 22.7 Å². The van der Waals surface area contributed by atoms with Crippen LogP contribution in [0.2, 0.25) is 0 Å². The molecule has 10 heteroatoms. The number of benzene rings is 2. The molecule has 3 aromatic rings. The minimum Gasteiger partial charge on any atom is -0.497 e. The van der Waals surface area contributed by atoms with Gasteiger partial charge in [0.05, 0.1) is 24.8 Å². The smallest absolute Gasteiger partial charge is 0.263 e. The summed E-state index contributed by atoms with van der Waals surface area (Å²) in [4.78, 5) is 17.2. The van der Waals surface area contributed by atoms with Gasteiger partial charge in [-0.05, 0) is 55.3 Å². The van der Waals surface area contributed by atoms with E-state index in [1.54, 1.807) is 26.2 Å². The standard InChI is InChI=1S/C21H23N3O5S2/c1-14-19(20(25)22-13-12-15-4-6-16(28-2)7-5-15)30-21(23-14)24-31(26,27)18-10-8-17(29-3)9-11-18/h4-11H,12-13H2,1-3H3,(H,22,25)(H,23,24). The first kappa shape index (κ1) is 22.6. The summed E-state index contributed by atoms with van der Waals surface area (Å²) in [7, 11) is -0.713. The summed E-state index contributed by atoms with van der Waals surface area (Å²) < 4.78 is 37.7. The van der Waals surface area contributed by atoms with Gasteiger partial charge in [-0.3, -0.25) is 9.52 Å². The van der Waals surface area contributed by atoms with Gasteiger partial charge >= 0.3 is 0 Å². The highest BCUT2D eigenvalue weighted by Gasteiger charge is 2.20. The van der Waals surface area contributed by atoms with Crippen LogP contribution in [0.1, 0.15) is 20.9 Å². The Morgan fingerprint density at radius 3 is 2.16 bits per heavy atom. The molecule has 0 fully saturated rings. The second-order valence-electron chi connectivity index (χ2n) is 6.57. The van der Waals surface area contributed by atoms with Gasteiger partial charge in [-0.1, -0.05) is 23.5 Å². The second-order valence-corrected chi connectivity index (χ2v) is 9.25. The SMILES string of the molecule is COc1ccc(CCNC(=O)c2sc(NS(=O)(=O)c3ccc(OC)cc3)nc2C)cc1. The Morgan fingerprint density at radius 2 is 1.58 bits per heavy atom. The maximum Gasteiger partial charge on any atom is 0.263 e. The highest BCUT2D eigenvalue weighted by molar-refractivity contribution is 7.93. The minimum absolute atomic E-state index is 0.0756. The maximum atomic E-state index is 12.6. The van der Waals surface area contributed by atoms with Crippen molar-refractivity contribution in [3.63, 3.8) is 0 Å². The number of nitrogens with one attached hydrogen (secondary N) is 2. The molecule has 1 amide bonds. The van der Waals surface area contributed by atoms with Crippen molar-refractivity contribution in [1.82, 2.24) is 10.3 Å². The zero-order chi connectivity index (χ0) is 22.4. The molecule has 8 nitrogen and oxygen atoms in total. The van der Waals surface area contributed by atoms with E-state index in [0.717, 1.165) is 22.6 Å². The van der Waals surface area contributed by atoms with E-state index in [2.05, 4.69) is 15.0 Å². The van der Waals surface area contributed by atoms with Gasteiger partial charge in [0, 0.05) is 6.54 Å². The van der Waals surface area contributed by atoms with E-state index in [9.17, 15) is 13.2 Å². The number of carbonyl (C=O) groups excluding carboxylic acids is 1. The number of carbonyl (C=O) groups is 1. The van der Waals surface area contributed by atoms with E-state index in [1.807, 2.05) is 24.3 Å². The number of methoxy groups -OCH3 is 2. The van der Waals surface area contributed by atoms with Gasteiger partial charge in [0.15, 0.2) is 5.13 Å². The summed E-state index contributed by atoms with van der Waals surface area (Å²) in [5, 5.41) is 2.98. The lowest BCUT2D eigenvalue weighted by Crippen LogP contribution is -2.25. The fourth-order valence-electron chi connectivity index (χ4n) is 2.77. The van der Waals surface area contributed by atoms with Gasteiger partial charge in [0.25, 0.3) is 15.9 Å². The monoisotopic (exact) mass is 461 g/mol. The van der Waals surface area contributed by atoms with E-state index >= 15 is 0 Å². The number of ether oxygens (including phenoxy) is 2. The summed E-state index contributed by atoms with van der Waals surface area (Å²) in [6.07, 6.45) is 0.657. The Bertz CT molecular complexity index is 1140. The molecular weight excluding hydrogens is 438 g/mol. The Labute approximate surface area is 185 Å². The van der Waals surface area contributed by atoms with Crippen LogP contribution in [0.5, 0.6) is 11.5 Å². The summed E-state index contributed by atoms with van der Waals surface area (Å²) in [5.74, 6) is 1.04. The molecule has 2 aromatic carbocycles. The molecule has 1 aromatic heterocycles. The average molecular weight is 462 g/mol. The van der Waals surface area contributed by atoms with E-state index < -0.39 is 10.0 Å². The molecule has 0 aliphatic rings. The number of aryl methyl sites for hydroxylation is 1. The van der Waals surface area contributed by atoms with Crippen LogP contribution in [0.4, 0.5) is 5.13 Å². The van der Waals surface area contributed by atoms with Crippen molar-refractivity contribution in [1.29, 1.82) is 0 Å². The number of hydrogen-bond acceptors (Lipinski definition) is 7. The summed E-state index contributed by atoms with van der Waals surface area (Å²) >= 11 is 0.993.